The molecule has 0 fully saturated rings. The van der Waals surface area contributed by atoms with E-state index in [1.165, 1.54) is 11.1 Å². The number of guanidine groups is 1. The van der Waals surface area contributed by atoms with Crippen LogP contribution in [0.2, 0.25) is 0 Å². The molecule has 2 rings (SSSR count). The number of benzene rings is 1. The summed E-state index contributed by atoms with van der Waals surface area (Å²) in [5, 5.41) is 9.36. The first-order chi connectivity index (χ1) is 12.1. The van der Waals surface area contributed by atoms with Crippen LogP contribution in [0.3, 0.4) is 0 Å². The molecular formula is C19H31IN4O2. The van der Waals surface area contributed by atoms with Crippen LogP contribution in [0.25, 0.3) is 0 Å². The van der Waals surface area contributed by atoms with E-state index in [0.717, 1.165) is 37.7 Å². The molecule has 26 heavy (non-hydrogen) atoms. The molecule has 0 radical (unpaired) electrons. The van der Waals surface area contributed by atoms with Gasteiger partial charge in [-0.25, -0.2) is 0 Å². The summed E-state index contributed by atoms with van der Waals surface area (Å²) in [5.74, 6) is 1.89. The third kappa shape index (κ3) is 7.39. The zero-order chi connectivity index (χ0) is 18.1. The molecule has 0 atom stereocenters. The average molecular weight is 474 g/mol. The molecular weight excluding hydrogens is 443 g/mol. The lowest BCUT2D eigenvalue weighted by molar-refractivity contribution is -0.123. The zero-order valence-corrected chi connectivity index (χ0v) is 18.3. The van der Waals surface area contributed by atoms with E-state index in [0.29, 0.717) is 19.6 Å². The monoisotopic (exact) mass is 474 g/mol. The van der Waals surface area contributed by atoms with Crippen molar-refractivity contribution in [2.75, 3.05) is 32.8 Å². The van der Waals surface area contributed by atoms with Gasteiger partial charge in [0.2, 0.25) is 5.91 Å². The van der Waals surface area contributed by atoms with Crippen LogP contribution in [0, 0.1) is 5.92 Å². The van der Waals surface area contributed by atoms with Gasteiger partial charge < -0.3 is 20.7 Å². The first-order valence-electron chi connectivity index (χ1n) is 9.14. The van der Waals surface area contributed by atoms with Crippen LogP contribution in [0.4, 0.5) is 0 Å². The predicted molar refractivity (Wildman–Crippen MR) is 117 cm³/mol. The van der Waals surface area contributed by atoms with Crippen LogP contribution in [0.5, 0.6) is 5.75 Å². The van der Waals surface area contributed by atoms with Crippen molar-refractivity contribution in [3.63, 3.8) is 0 Å². The molecule has 1 aromatic carbocycles. The number of halogens is 1. The summed E-state index contributed by atoms with van der Waals surface area (Å²) in [6, 6.07) is 6.39. The number of fused-ring (bicyclic) bond motifs is 1. The van der Waals surface area contributed by atoms with Gasteiger partial charge in [0.25, 0.3) is 0 Å². The van der Waals surface area contributed by atoms with Gasteiger partial charge in [-0.15, -0.1) is 24.0 Å². The van der Waals surface area contributed by atoms with Crippen LogP contribution in [-0.2, 0) is 17.6 Å². The minimum atomic E-state index is 0. The highest BCUT2D eigenvalue weighted by Gasteiger charge is 2.11. The Bertz CT molecular complexity index is 605. The fourth-order valence-electron chi connectivity index (χ4n) is 2.60. The van der Waals surface area contributed by atoms with E-state index in [2.05, 4.69) is 39.1 Å². The molecule has 146 valence electrons. The van der Waals surface area contributed by atoms with Crippen molar-refractivity contribution in [2.45, 2.75) is 33.6 Å². The van der Waals surface area contributed by atoms with Gasteiger partial charge in [-0.05, 0) is 30.5 Å². The molecule has 7 heteroatoms. The molecule has 0 bridgehead atoms. The Labute approximate surface area is 173 Å². The van der Waals surface area contributed by atoms with Gasteiger partial charge in [0.05, 0.1) is 6.61 Å². The number of nitrogens with zero attached hydrogens (tertiary/aromatic N) is 1. The molecule has 1 amide bonds. The van der Waals surface area contributed by atoms with Crippen LogP contribution in [0.15, 0.2) is 23.2 Å². The number of carbonyl (C=O) groups is 1. The number of nitrogens with one attached hydrogen (secondary N) is 3. The van der Waals surface area contributed by atoms with Crippen molar-refractivity contribution >= 4 is 35.8 Å². The van der Waals surface area contributed by atoms with Crippen LogP contribution < -0.4 is 20.7 Å². The van der Waals surface area contributed by atoms with E-state index < -0.39 is 0 Å². The summed E-state index contributed by atoms with van der Waals surface area (Å²) in [6.45, 7) is 9.37. The molecule has 0 aromatic heterocycles. The summed E-state index contributed by atoms with van der Waals surface area (Å²) in [5.41, 5.74) is 2.58. The lowest BCUT2D eigenvalue weighted by Crippen LogP contribution is -2.42. The van der Waals surface area contributed by atoms with Gasteiger partial charge in [0.1, 0.15) is 5.75 Å². The molecule has 1 heterocycles. The molecule has 3 N–H and O–H groups in total. The van der Waals surface area contributed by atoms with Gasteiger partial charge in [0.15, 0.2) is 5.96 Å². The fourth-order valence-corrected chi connectivity index (χ4v) is 2.60. The smallest absolute Gasteiger partial charge is 0.222 e. The largest absolute Gasteiger partial charge is 0.493 e. The zero-order valence-electron chi connectivity index (χ0n) is 15.9. The lowest BCUT2D eigenvalue weighted by Gasteiger charge is -2.12. The maximum Gasteiger partial charge on any atom is 0.222 e. The van der Waals surface area contributed by atoms with E-state index in [9.17, 15) is 4.79 Å². The number of hydrogen-bond acceptors (Lipinski definition) is 3. The fraction of sp³-hybridized carbons (Fsp3) is 0.579. The second-order valence-electron chi connectivity index (χ2n) is 6.42. The number of ether oxygens (including phenoxy) is 1. The molecule has 1 aromatic rings. The molecule has 0 unspecified atom stereocenters. The van der Waals surface area contributed by atoms with E-state index in [1.807, 2.05) is 20.8 Å². The average Bonchev–Trinajstić information content (AvgIpc) is 3.06. The molecule has 0 spiro atoms. The van der Waals surface area contributed by atoms with Crippen LogP contribution in [-0.4, -0.2) is 44.7 Å². The van der Waals surface area contributed by atoms with Gasteiger partial charge in [0, 0.05) is 38.5 Å². The third-order valence-corrected chi connectivity index (χ3v) is 4.01. The highest BCUT2D eigenvalue weighted by atomic mass is 127. The quantitative estimate of drug-likeness (QED) is 0.234. The Morgan fingerprint density at radius 3 is 2.73 bits per heavy atom. The van der Waals surface area contributed by atoms with E-state index >= 15 is 0 Å². The first kappa shape index (κ1) is 22.5. The first-order valence-corrected chi connectivity index (χ1v) is 9.14. The van der Waals surface area contributed by atoms with Crippen molar-refractivity contribution in [2.24, 2.45) is 10.9 Å². The Morgan fingerprint density at radius 2 is 2.00 bits per heavy atom. The van der Waals surface area contributed by atoms with Crippen LogP contribution in [0.1, 0.15) is 31.9 Å². The van der Waals surface area contributed by atoms with Gasteiger partial charge in [-0.3, -0.25) is 9.79 Å². The SMILES string of the molecule is CCNC(=NCCc1ccc2c(c1)CCO2)NCCNC(=O)C(C)C.I. The normalized spacial score (nSPS) is 12.8. The second-order valence-corrected chi connectivity index (χ2v) is 6.42. The molecule has 0 aliphatic carbocycles. The Balaban J connectivity index is 0.00000338. The molecule has 6 nitrogen and oxygen atoms in total. The summed E-state index contributed by atoms with van der Waals surface area (Å²) >= 11 is 0. The number of rotatable bonds is 8. The topological polar surface area (TPSA) is 74.8 Å². The minimum absolute atomic E-state index is 0. The number of amides is 1. The number of carbonyl (C=O) groups excluding carboxylic acids is 1. The van der Waals surface area contributed by atoms with Gasteiger partial charge in [-0.1, -0.05) is 26.0 Å². The third-order valence-electron chi connectivity index (χ3n) is 4.01. The van der Waals surface area contributed by atoms with Gasteiger partial charge >= 0.3 is 0 Å². The van der Waals surface area contributed by atoms with Crippen molar-refractivity contribution < 1.29 is 9.53 Å². The maximum atomic E-state index is 11.5. The molecule has 0 saturated heterocycles. The van der Waals surface area contributed by atoms with E-state index in [1.54, 1.807) is 0 Å². The summed E-state index contributed by atoms with van der Waals surface area (Å²) in [6.07, 6.45) is 1.90. The molecule has 1 aliphatic heterocycles. The van der Waals surface area contributed by atoms with Crippen molar-refractivity contribution in [3.05, 3.63) is 29.3 Å². The van der Waals surface area contributed by atoms with Crippen molar-refractivity contribution in [1.29, 1.82) is 0 Å². The van der Waals surface area contributed by atoms with Crippen LogP contribution >= 0.6 is 24.0 Å². The van der Waals surface area contributed by atoms with Crippen molar-refractivity contribution in [1.82, 2.24) is 16.0 Å². The Hall–Kier alpha value is -1.51. The van der Waals surface area contributed by atoms with Gasteiger partial charge in [-0.2, -0.15) is 0 Å². The second kappa shape index (κ2) is 12.0. The lowest BCUT2D eigenvalue weighted by atomic mass is 10.1. The summed E-state index contributed by atoms with van der Waals surface area (Å²) in [7, 11) is 0. The minimum Gasteiger partial charge on any atom is -0.493 e. The highest BCUT2D eigenvalue weighted by molar-refractivity contribution is 14.0. The van der Waals surface area contributed by atoms with Crippen molar-refractivity contribution in [3.8, 4) is 5.75 Å². The van der Waals surface area contributed by atoms with E-state index in [-0.39, 0.29) is 35.8 Å². The number of aliphatic imine (C=N–C) groups is 1. The summed E-state index contributed by atoms with van der Waals surface area (Å²) < 4.78 is 5.54. The molecule has 1 aliphatic rings. The maximum absolute atomic E-state index is 11.5. The standard InChI is InChI=1S/C19H30N4O2.HI/c1-4-20-19(23-11-10-21-18(24)14(2)3)22-9-7-15-5-6-17-16(13-15)8-12-25-17;/h5-6,13-14H,4,7-12H2,1-3H3,(H,21,24)(H2,20,22,23);1H. The predicted octanol–water partition coefficient (Wildman–Crippen LogP) is 2.11. The van der Waals surface area contributed by atoms with E-state index in [4.69, 9.17) is 4.74 Å². The summed E-state index contributed by atoms with van der Waals surface area (Å²) in [4.78, 5) is 16.1. The Kier molecular flexibility index (Phi) is 10.4. The highest BCUT2D eigenvalue weighted by Crippen LogP contribution is 2.25. The number of hydrogen-bond donors (Lipinski definition) is 3. The Morgan fingerprint density at radius 1 is 1.23 bits per heavy atom. The molecule has 0 saturated carbocycles.